The molecule has 0 bridgehead atoms. The van der Waals surface area contributed by atoms with E-state index in [4.69, 9.17) is 4.42 Å². The summed E-state index contributed by atoms with van der Waals surface area (Å²) in [6.07, 6.45) is 4.10. The fraction of sp³-hybridized carbons (Fsp3) is 0.500. The van der Waals surface area contributed by atoms with Gasteiger partial charge in [-0.2, -0.15) is 4.31 Å². The lowest BCUT2D eigenvalue weighted by Crippen LogP contribution is -2.46. The SMILES string of the molecule is CCCN(C1CCNCC1)S(=O)(=O)c1ccc(-c2coc(C)n2)cc1.Cl. The Morgan fingerprint density at radius 3 is 2.42 bits per heavy atom. The van der Waals surface area contributed by atoms with Crippen molar-refractivity contribution in [3.63, 3.8) is 0 Å². The van der Waals surface area contributed by atoms with Gasteiger partial charge in [-0.1, -0.05) is 19.1 Å². The Hall–Kier alpha value is -1.41. The summed E-state index contributed by atoms with van der Waals surface area (Å²) in [5.41, 5.74) is 1.56. The highest BCUT2D eigenvalue weighted by Gasteiger charge is 2.31. The predicted octanol–water partition coefficient (Wildman–Crippen LogP) is 3.22. The van der Waals surface area contributed by atoms with E-state index in [2.05, 4.69) is 10.3 Å². The Balaban J connectivity index is 0.00000243. The standard InChI is InChI=1S/C18H25N3O3S.ClH/c1-3-12-21(16-8-10-19-11-9-16)25(22,23)17-6-4-15(5-7-17)18-13-24-14(2)20-18;/h4-7,13,16,19H,3,8-12H2,1-2H3;1H. The van der Waals surface area contributed by atoms with Crippen molar-refractivity contribution in [1.29, 1.82) is 0 Å². The van der Waals surface area contributed by atoms with Gasteiger partial charge in [-0.25, -0.2) is 13.4 Å². The fourth-order valence-electron chi connectivity index (χ4n) is 3.24. The Morgan fingerprint density at radius 2 is 1.88 bits per heavy atom. The van der Waals surface area contributed by atoms with Crippen LogP contribution in [-0.2, 0) is 10.0 Å². The van der Waals surface area contributed by atoms with Crippen LogP contribution in [0.15, 0.2) is 39.8 Å². The first-order valence-electron chi connectivity index (χ1n) is 8.77. The fourth-order valence-corrected chi connectivity index (χ4v) is 5.02. The number of hydrogen-bond acceptors (Lipinski definition) is 5. The van der Waals surface area contributed by atoms with Gasteiger partial charge in [0.15, 0.2) is 5.89 Å². The van der Waals surface area contributed by atoms with Gasteiger partial charge in [0.25, 0.3) is 0 Å². The molecule has 3 rings (SSSR count). The molecule has 0 amide bonds. The number of nitrogens with one attached hydrogen (secondary N) is 1. The van der Waals surface area contributed by atoms with E-state index in [0.717, 1.165) is 37.9 Å². The van der Waals surface area contributed by atoms with Gasteiger partial charge in [0.1, 0.15) is 12.0 Å². The highest BCUT2D eigenvalue weighted by molar-refractivity contribution is 7.89. The maximum atomic E-state index is 13.1. The topological polar surface area (TPSA) is 75.4 Å². The quantitative estimate of drug-likeness (QED) is 0.807. The van der Waals surface area contributed by atoms with Crippen LogP contribution in [0.25, 0.3) is 11.3 Å². The molecule has 1 fully saturated rings. The molecule has 2 heterocycles. The van der Waals surface area contributed by atoms with Gasteiger partial charge in [0, 0.05) is 25.1 Å². The third-order valence-electron chi connectivity index (χ3n) is 4.54. The normalized spacial score (nSPS) is 15.8. The van der Waals surface area contributed by atoms with E-state index in [1.54, 1.807) is 41.8 Å². The first kappa shape index (κ1) is 20.9. The van der Waals surface area contributed by atoms with Crippen molar-refractivity contribution in [3.05, 3.63) is 36.4 Å². The lowest BCUT2D eigenvalue weighted by Gasteiger charge is -2.33. The molecular weight excluding hydrogens is 374 g/mol. The van der Waals surface area contributed by atoms with E-state index in [-0.39, 0.29) is 18.4 Å². The number of nitrogens with zero attached hydrogens (tertiary/aromatic N) is 2. The molecule has 1 aromatic heterocycles. The lowest BCUT2D eigenvalue weighted by molar-refractivity contribution is 0.262. The number of piperidine rings is 1. The summed E-state index contributed by atoms with van der Waals surface area (Å²) in [7, 11) is -3.49. The van der Waals surface area contributed by atoms with Crippen LogP contribution in [0.5, 0.6) is 0 Å². The van der Waals surface area contributed by atoms with E-state index < -0.39 is 10.0 Å². The van der Waals surface area contributed by atoms with Crippen molar-refractivity contribution >= 4 is 22.4 Å². The van der Waals surface area contributed by atoms with Crippen molar-refractivity contribution in [3.8, 4) is 11.3 Å². The summed E-state index contributed by atoms with van der Waals surface area (Å²) in [6, 6.07) is 6.98. The monoisotopic (exact) mass is 399 g/mol. The molecule has 0 spiro atoms. The van der Waals surface area contributed by atoms with E-state index in [1.165, 1.54) is 0 Å². The Labute approximate surface area is 161 Å². The number of halogens is 1. The van der Waals surface area contributed by atoms with E-state index in [0.29, 0.717) is 23.0 Å². The molecule has 6 nitrogen and oxygen atoms in total. The molecule has 0 saturated carbocycles. The number of hydrogen-bond donors (Lipinski definition) is 1. The van der Waals surface area contributed by atoms with Gasteiger partial charge in [0.2, 0.25) is 10.0 Å². The van der Waals surface area contributed by atoms with E-state index >= 15 is 0 Å². The highest BCUT2D eigenvalue weighted by atomic mass is 35.5. The number of aromatic nitrogens is 1. The van der Waals surface area contributed by atoms with Gasteiger partial charge >= 0.3 is 0 Å². The zero-order valence-corrected chi connectivity index (χ0v) is 16.8. The van der Waals surface area contributed by atoms with Crippen LogP contribution < -0.4 is 5.32 Å². The molecular formula is C18H26ClN3O3S. The molecule has 2 aromatic rings. The second kappa shape index (κ2) is 8.99. The number of sulfonamides is 1. The van der Waals surface area contributed by atoms with Crippen molar-refractivity contribution in [2.75, 3.05) is 19.6 Å². The van der Waals surface area contributed by atoms with Crippen molar-refractivity contribution in [2.45, 2.75) is 44.0 Å². The molecule has 0 unspecified atom stereocenters. The minimum atomic E-state index is -3.49. The van der Waals surface area contributed by atoms with Crippen LogP contribution in [0.2, 0.25) is 0 Å². The largest absolute Gasteiger partial charge is 0.449 e. The van der Waals surface area contributed by atoms with Gasteiger partial charge < -0.3 is 9.73 Å². The van der Waals surface area contributed by atoms with Crippen LogP contribution >= 0.6 is 12.4 Å². The van der Waals surface area contributed by atoms with Crippen molar-refractivity contribution in [1.82, 2.24) is 14.6 Å². The second-order valence-corrected chi connectivity index (χ2v) is 8.26. The summed E-state index contributed by atoms with van der Waals surface area (Å²) in [4.78, 5) is 4.61. The van der Waals surface area contributed by atoms with E-state index in [1.807, 2.05) is 6.92 Å². The molecule has 144 valence electrons. The minimum Gasteiger partial charge on any atom is -0.449 e. The van der Waals surface area contributed by atoms with Gasteiger partial charge in [-0.05, 0) is 44.5 Å². The van der Waals surface area contributed by atoms with Crippen LogP contribution in [-0.4, -0.2) is 43.4 Å². The van der Waals surface area contributed by atoms with Gasteiger partial charge in [0.05, 0.1) is 4.90 Å². The van der Waals surface area contributed by atoms with Gasteiger partial charge in [-0.3, -0.25) is 0 Å². The maximum absolute atomic E-state index is 13.1. The molecule has 0 radical (unpaired) electrons. The lowest BCUT2D eigenvalue weighted by atomic mass is 10.1. The van der Waals surface area contributed by atoms with Crippen LogP contribution in [0.4, 0.5) is 0 Å². The number of oxazole rings is 1. The first-order valence-corrected chi connectivity index (χ1v) is 10.2. The maximum Gasteiger partial charge on any atom is 0.243 e. The highest BCUT2D eigenvalue weighted by Crippen LogP contribution is 2.25. The molecule has 1 aromatic carbocycles. The van der Waals surface area contributed by atoms with Crippen LogP contribution in [0, 0.1) is 6.92 Å². The zero-order chi connectivity index (χ0) is 17.9. The third kappa shape index (κ3) is 4.46. The van der Waals surface area contributed by atoms with Crippen LogP contribution in [0.3, 0.4) is 0 Å². The Bertz CT molecular complexity index is 799. The summed E-state index contributed by atoms with van der Waals surface area (Å²) in [6.45, 7) is 6.08. The van der Waals surface area contributed by atoms with E-state index in [9.17, 15) is 8.42 Å². The average molecular weight is 400 g/mol. The Morgan fingerprint density at radius 1 is 1.23 bits per heavy atom. The molecule has 1 saturated heterocycles. The smallest absolute Gasteiger partial charge is 0.243 e. The molecule has 0 aliphatic carbocycles. The first-order chi connectivity index (χ1) is 12.0. The summed E-state index contributed by atoms with van der Waals surface area (Å²) >= 11 is 0. The molecule has 8 heteroatoms. The summed E-state index contributed by atoms with van der Waals surface area (Å²) in [5, 5.41) is 3.29. The number of rotatable bonds is 6. The third-order valence-corrected chi connectivity index (χ3v) is 6.50. The second-order valence-electron chi connectivity index (χ2n) is 6.37. The molecule has 1 aliphatic heterocycles. The van der Waals surface area contributed by atoms with Crippen LogP contribution in [0.1, 0.15) is 32.1 Å². The minimum absolute atomic E-state index is 0. The Kier molecular flexibility index (Phi) is 7.23. The number of benzene rings is 1. The molecule has 26 heavy (non-hydrogen) atoms. The van der Waals surface area contributed by atoms with Crippen molar-refractivity contribution in [2.24, 2.45) is 0 Å². The summed E-state index contributed by atoms with van der Waals surface area (Å²) < 4.78 is 33.2. The average Bonchev–Trinajstić information content (AvgIpc) is 3.07. The predicted molar refractivity (Wildman–Crippen MR) is 104 cm³/mol. The zero-order valence-electron chi connectivity index (χ0n) is 15.1. The van der Waals surface area contributed by atoms with Gasteiger partial charge in [-0.15, -0.1) is 12.4 Å². The molecule has 0 atom stereocenters. The molecule has 1 N–H and O–H groups in total. The number of aryl methyl sites for hydroxylation is 1. The molecule has 1 aliphatic rings. The van der Waals surface area contributed by atoms with Crippen molar-refractivity contribution < 1.29 is 12.8 Å². The summed E-state index contributed by atoms with van der Waals surface area (Å²) in [5.74, 6) is 0.590.